The highest BCUT2D eigenvalue weighted by Gasteiger charge is 2.51. The number of piperidine rings is 1. The van der Waals surface area contributed by atoms with Crippen LogP contribution in [0.1, 0.15) is 66.9 Å². The van der Waals surface area contributed by atoms with Crippen LogP contribution in [0.25, 0.3) is 0 Å². The van der Waals surface area contributed by atoms with E-state index in [9.17, 15) is 4.79 Å². The lowest BCUT2D eigenvalue weighted by atomic mass is 9.78. The van der Waals surface area contributed by atoms with Crippen molar-refractivity contribution in [3.8, 4) is 5.75 Å². The van der Waals surface area contributed by atoms with Gasteiger partial charge in [0, 0.05) is 13.1 Å². The summed E-state index contributed by atoms with van der Waals surface area (Å²) in [5, 5.41) is 0. The van der Waals surface area contributed by atoms with Crippen molar-refractivity contribution in [2.75, 3.05) is 19.7 Å². The molecule has 1 aromatic rings. The number of carbonyl (C=O) groups excluding carboxylic acids is 1. The molecule has 0 N–H and O–H groups in total. The molecule has 1 amide bonds. The van der Waals surface area contributed by atoms with Crippen molar-refractivity contribution in [1.29, 1.82) is 0 Å². The quantitative estimate of drug-likeness (QED) is 0.665. The van der Waals surface area contributed by atoms with Gasteiger partial charge in [0.1, 0.15) is 11.4 Å². The molecule has 3 rings (SSSR count). The SMILES string of the molecule is Cc1cc(OCC2CCN(C(=O)OC(C)(C)C)CC2)cc(B2OC(C)(C)C(C)(C)O2)c1. The topological polar surface area (TPSA) is 57.2 Å². The van der Waals surface area contributed by atoms with E-state index in [0.29, 0.717) is 25.6 Å². The van der Waals surface area contributed by atoms with Gasteiger partial charge in [-0.25, -0.2) is 4.79 Å². The summed E-state index contributed by atoms with van der Waals surface area (Å²) in [5.41, 5.74) is 0.891. The van der Waals surface area contributed by atoms with E-state index in [0.717, 1.165) is 29.6 Å². The predicted octanol–water partition coefficient (Wildman–Crippen LogP) is 4.32. The Morgan fingerprint density at radius 3 is 2.23 bits per heavy atom. The van der Waals surface area contributed by atoms with Gasteiger partial charge in [-0.05, 0) is 97.3 Å². The van der Waals surface area contributed by atoms with Crippen LogP contribution >= 0.6 is 0 Å². The monoisotopic (exact) mass is 431 g/mol. The summed E-state index contributed by atoms with van der Waals surface area (Å²) in [7, 11) is -0.399. The molecular weight excluding hydrogens is 393 g/mol. The average molecular weight is 431 g/mol. The molecule has 1 aromatic carbocycles. The van der Waals surface area contributed by atoms with Gasteiger partial charge in [-0.2, -0.15) is 0 Å². The van der Waals surface area contributed by atoms with E-state index in [4.69, 9.17) is 18.8 Å². The fourth-order valence-corrected chi connectivity index (χ4v) is 3.80. The van der Waals surface area contributed by atoms with Crippen molar-refractivity contribution in [3.05, 3.63) is 23.8 Å². The molecule has 0 atom stereocenters. The number of nitrogens with zero attached hydrogens (tertiary/aromatic N) is 1. The van der Waals surface area contributed by atoms with E-state index in [2.05, 4.69) is 40.7 Å². The molecular formula is C24H38BNO5. The van der Waals surface area contributed by atoms with E-state index < -0.39 is 12.7 Å². The maximum Gasteiger partial charge on any atom is 0.494 e. The van der Waals surface area contributed by atoms with Crippen LogP contribution in [0.3, 0.4) is 0 Å². The van der Waals surface area contributed by atoms with E-state index in [1.165, 1.54) is 0 Å². The molecule has 172 valence electrons. The summed E-state index contributed by atoms with van der Waals surface area (Å²) in [6.45, 7) is 18.0. The van der Waals surface area contributed by atoms with Crippen molar-refractivity contribution in [2.45, 2.75) is 85.0 Å². The summed E-state index contributed by atoms with van der Waals surface area (Å²) >= 11 is 0. The van der Waals surface area contributed by atoms with Gasteiger partial charge < -0.3 is 23.7 Å². The molecule has 6 nitrogen and oxygen atoms in total. The van der Waals surface area contributed by atoms with Crippen molar-refractivity contribution in [3.63, 3.8) is 0 Å². The maximum atomic E-state index is 12.2. The summed E-state index contributed by atoms with van der Waals surface area (Å²) in [6, 6.07) is 6.16. The third kappa shape index (κ3) is 5.95. The molecule has 0 spiro atoms. The molecule has 0 unspecified atom stereocenters. The first kappa shape index (κ1) is 23.9. The van der Waals surface area contributed by atoms with Gasteiger partial charge in [-0.15, -0.1) is 0 Å². The highest BCUT2D eigenvalue weighted by Crippen LogP contribution is 2.36. The third-order valence-corrected chi connectivity index (χ3v) is 6.35. The molecule has 7 heteroatoms. The van der Waals surface area contributed by atoms with Crippen LogP contribution in [-0.2, 0) is 14.0 Å². The number of rotatable bonds is 4. The van der Waals surface area contributed by atoms with Crippen LogP contribution < -0.4 is 10.2 Å². The van der Waals surface area contributed by atoms with Crippen LogP contribution in [0.4, 0.5) is 4.79 Å². The van der Waals surface area contributed by atoms with E-state index >= 15 is 0 Å². The van der Waals surface area contributed by atoms with Gasteiger partial charge in [0.2, 0.25) is 0 Å². The second-order valence-electron chi connectivity index (χ2n) is 10.9. The van der Waals surface area contributed by atoms with Crippen molar-refractivity contribution >= 4 is 18.7 Å². The Morgan fingerprint density at radius 1 is 1.10 bits per heavy atom. The molecule has 2 fully saturated rings. The molecule has 0 saturated carbocycles. The molecule has 0 bridgehead atoms. The highest BCUT2D eigenvalue weighted by molar-refractivity contribution is 6.62. The van der Waals surface area contributed by atoms with Crippen LogP contribution in [0.2, 0.25) is 0 Å². The van der Waals surface area contributed by atoms with Gasteiger partial charge in [0.25, 0.3) is 0 Å². The number of hydrogen-bond acceptors (Lipinski definition) is 5. The Labute approximate surface area is 187 Å². The zero-order chi connectivity index (χ0) is 23.0. The maximum absolute atomic E-state index is 12.2. The van der Waals surface area contributed by atoms with Gasteiger partial charge in [-0.3, -0.25) is 0 Å². The minimum Gasteiger partial charge on any atom is -0.493 e. The Morgan fingerprint density at radius 2 is 1.68 bits per heavy atom. The molecule has 2 saturated heterocycles. The predicted molar refractivity (Wildman–Crippen MR) is 123 cm³/mol. The summed E-state index contributed by atoms with van der Waals surface area (Å²) < 4.78 is 24.0. The molecule has 2 aliphatic heterocycles. The molecule has 0 radical (unpaired) electrons. The van der Waals surface area contributed by atoms with E-state index in [1.807, 2.05) is 32.9 Å². The average Bonchev–Trinajstić information content (AvgIpc) is 2.86. The lowest BCUT2D eigenvalue weighted by Gasteiger charge is -2.33. The first-order valence-electron chi connectivity index (χ1n) is 11.3. The zero-order valence-electron chi connectivity index (χ0n) is 20.4. The fraction of sp³-hybridized carbons (Fsp3) is 0.708. The minimum atomic E-state index is -0.461. The smallest absolute Gasteiger partial charge is 0.493 e. The van der Waals surface area contributed by atoms with Crippen molar-refractivity contribution in [2.24, 2.45) is 5.92 Å². The first-order chi connectivity index (χ1) is 14.3. The number of ether oxygens (including phenoxy) is 2. The Balaban J connectivity index is 1.55. The molecule has 0 aliphatic carbocycles. The van der Waals surface area contributed by atoms with Gasteiger partial charge in [0.05, 0.1) is 17.8 Å². The van der Waals surface area contributed by atoms with Gasteiger partial charge in [0.15, 0.2) is 0 Å². The molecule has 0 aromatic heterocycles. The number of likely N-dealkylation sites (tertiary alicyclic amines) is 1. The Hall–Kier alpha value is -1.73. The standard InChI is InChI=1S/C24H38BNO5/c1-17-13-19(25-30-23(5,6)24(7,8)31-25)15-20(14-17)28-16-18-9-11-26(12-10-18)21(27)29-22(2,3)4/h13-15,18H,9-12,16H2,1-8H3. The van der Waals surface area contributed by atoms with Crippen LogP contribution in [0, 0.1) is 12.8 Å². The zero-order valence-corrected chi connectivity index (χ0v) is 20.4. The third-order valence-electron chi connectivity index (χ3n) is 6.35. The van der Waals surface area contributed by atoms with Crippen molar-refractivity contribution in [1.82, 2.24) is 4.90 Å². The lowest BCUT2D eigenvalue weighted by molar-refractivity contribution is 0.00578. The van der Waals surface area contributed by atoms with Gasteiger partial charge in [-0.1, -0.05) is 6.07 Å². The van der Waals surface area contributed by atoms with Crippen LogP contribution in [0.15, 0.2) is 18.2 Å². The number of carbonyl (C=O) groups is 1. The number of amides is 1. The fourth-order valence-electron chi connectivity index (χ4n) is 3.80. The minimum absolute atomic E-state index is 0.224. The molecule has 31 heavy (non-hydrogen) atoms. The summed E-state index contributed by atoms with van der Waals surface area (Å²) in [5.74, 6) is 1.25. The van der Waals surface area contributed by atoms with Crippen LogP contribution in [-0.4, -0.2) is 54.6 Å². The lowest BCUT2D eigenvalue weighted by Crippen LogP contribution is -2.42. The van der Waals surface area contributed by atoms with Crippen LogP contribution in [0.5, 0.6) is 5.75 Å². The van der Waals surface area contributed by atoms with E-state index in [1.54, 1.807) is 4.90 Å². The summed E-state index contributed by atoms with van der Waals surface area (Å²) in [4.78, 5) is 14.0. The second-order valence-corrected chi connectivity index (χ2v) is 10.9. The summed E-state index contributed by atoms with van der Waals surface area (Å²) in [6.07, 6.45) is 1.60. The number of benzene rings is 1. The molecule has 2 aliphatic rings. The number of hydrogen-bond donors (Lipinski definition) is 0. The van der Waals surface area contributed by atoms with E-state index in [-0.39, 0.29) is 17.3 Å². The first-order valence-corrected chi connectivity index (χ1v) is 11.3. The number of aryl methyl sites for hydroxylation is 1. The Kier molecular flexibility index (Phi) is 6.69. The normalized spacial score (nSPS) is 21.3. The van der Waals surface area contributed by atoms with Crippen molar-refractivity contribution < 1.29 is 23.6 Å². The largest absolute Gasteiger partial charge is 0.494 e. The Bertz CT molecular complexity index is 778. The van der Waals surface area contributed by atoms with Gasteiger partial charge >= 0.3 is 13.2 Å². The molecule has 2 heterocycles. The highest BCUT2D eigenvalue weighted by atomic mass is 16.7. The second kappa shape index (κ2) is 8.66.